The molecular formula is C16H24ClN3. The van der Waals surface area contributed by atoms with Crippen molar-refractivity contribution in [1.82, 2.24) is 4.98 Å². The maximum absolute atomic E-state index is 6.44. The zero-order valence-electron chi connectivity index (χ0n) is 12.1. The van der Waals surface area contributed by atoms with E-state index < -0.39 is 0 Å². The molecule has 1 aliphatic heterocycles. The van der Waals surface area contributed by atoms with Gasteiger partial charge in [-0.1, -0.05) is 30.9 Å². The number of nitrogens with two attached hydrogens (primary N) is 1. The molecule has 1 aromatic rings. The molecular weight excluding hydrogens is 270 g/mol. The number of hydrogen-bond acceptors (Lipinski definition) is 3. The molecule has 0 bridgehead atoms. The molecule has 0 radical (unpaired) electrons. The standard InChI is InChI=1S/C16H24ClN3/c17-14-13(12-18)4-9-19-15(14)20-10-7-16(8-11-20)5-2-1-3-6-16/h4,9H,1-3,5-8,10-12,18H2. The van der Waals surface area contributed by atoms with E-state index in [1.807, 2.05) is 12.3 Å². The topological polar surface area (TPSA) is 42.1 Å². The minimum absolute atomic E-state index is 0.478. The maximum atomic E-state index is 6.44. The van der Waals surface area contributed by atoms with Gasteiger partial charge >= 0.3 is 0 Å². The second kappa shape index (κ2) is 5.90. The zero-order chi connectivity index (χ0) is 14.0. The van der Waals surface area contributed by atoms with E-state index in [2.05, 4.69) is 9.88 Å². The molecule has 0 unspecified atom stereocenters. The molecule has 1 aromatic heterocycles. The molecule has 4 heteroatoms. The molecule has 20 heavy (non-hydrogen) atoms. The van der Waals surface area contributed by atoms with Gasteiger partial charge < -0.3 is 10.6 Å². The number of rotatable bonds is 2. The fraction of sp³-hybridized carbons (Fsp3) is 0.688. The van der Waals surface area contributed by atoms with Crippen LogP contribution >= 0.6 is 11.6 Å². The Hall–Kier alpha value is -0.800. The third-order valence-corrected chi connectivity index (χ3v) is 5.62. The Morgan fingerprint density at radius 1 is 1.15 bits per heavy atom. The van der Waals surface area contributed by atoms with Crippen LogP contribution in [0, 0.1) is 5.41 Å². The highest BCUT2D eigenvalue weighted by Crippen LogP contribution is 2.45. The molecule has 1 saturated heterocycles. The third-order valence-electron chi connectivity index (χ3n) is 5.21. The average Bonchev–Trinajstić information content (AvgIpc) is 2.50. The summed E-state index contributed by atoms with van der Waals surface area (Å²) in [4.78, 5) is 6.83. The number of hydrogen-bond donors (Lipinski definition) is 1. The Balaban J connectivity index is 1.72. The smallest absolute Gasteiger partial charge is 0.147 e. The summed E-state index contributed by atoms with van der Waals surface area (Å²) < 4.78 is 0. The van der Waals surface area contributed by atoms with Gasteiger partial charge in [0.05, 0.1) is 5.02 Å². The van der Waals surface area contributed by atoms with Gasteiger partial charge in [-0.05, 0) is 42.7 Å². The van der Waals surface area contributed by atoms with Crippen LogP contribution in [0.25, 0.3) is 0 Å². The van der Waals surface area contributed by atoms with E-state index in [1.165, 1.54) is 44.9 Å². The summed E-state index contributed by atoms with van der Waals surface area (Å²) in [6.07, 6.45) is 11.5. The SMILES string of the molecule is NCc1ccnc(N2CCC3(CCCCC3)CC2)c1Cl. The lowest BCUT2D eigenvalue weighted by Crippen LogP contribution is -2.41. The Morgan fingerprint density at radius 2 is 1.85 bits per heavy atom. The van der Waals surface area contributed by atoms with E-state index in [-0.39, 0.29) is 0 Å². The van der Waals surface area contributed by atoms with Crippen molar-refractivity contribution in [3.8, 4) is 0 Å². The fourth-order valence-electron chi connectivity index (χ4n) is 3.84. The molecule has 2 heterocycles. The Morgan fingerprint density at radius 3 is 2.50 bits per heavy atom. The molecule has 110 valence electrons. The Bertz CT molecular complexity index is 459. The summed E-state index contributed by atoms with van der Waals surface area (Å²) in [5.74, 6) is 0.931. The van der Waals surface area contributed by atoms with Crippen molar-refractivity contribution in [1.29, 1.82) is 0 Å². The molecule has 2 fully saturated rings. The van der Waals surface area contributed by atoms with E-state index >= 15 is 0 Å². The predicted octanol–water partition coefficient (Wildman–Crippen LogP) is 3.74. The minimum Gasteiger partial charge on any atom is -0.355 e. The Kier molecular flexibility index (Phi) is 4.18. The van der Waals surface area contributed by atoms with Gasteiger partial charge in [-0.25, -0.2) is 4.98 Å². The first-order chi connectivity index (χ1) is 9.74. The van der Waals surface area contributed by atoms with Gasteiger partial charge in [0.25, 0.3) is 0 Å². The van der Waals surface area contributed by atoms with Crippen molar-refractivity contribution >= 4 is 17.4 Å². The van der Waals surface area contributed by atoms with Gasteiger partial charge in [-0.3, -0.25) is 0 Å². The highest BCUT2D eigenvalue weighted by Gasteiger charge is 2.36. The Labute approximate surface area is 126 Å². The first-order valence-corrected chi connectivity index (χ1v) is 8.20. The van der Waals surface area contributed by atoms with Crippen LogP contribution in [-0.4, -0.2) is 18.1 Å². The molecule has 1 saturated carbocycles. The van der Waals surface area contributed by atoms with Crippen LogP contribution in [0.3, 0.4) is 0 Å². The van der Waals surface area contributed by atoms with Gasteiger partial charge in [-0.15, -0.1) is 0 Å². The van der Waals surface area contributed by atoms with Crippen molar-refractivity contribution in [3.05, 3.63) is 22.8 Å². The molecule has 0 aromatic carbocycles. The number of piperidine rings is 1. The molecule has 3 rings (SSSR count). The average molecular weight is 294 g/mol. The van der Waals surface area contributed by atoms with Gasteiger partial charge in [0.15, 0.2) is 0 Å². The lowest BCUT2D eigenvalue weighted by Gasteiger charge is -2.44. The summed E-state index contributed by atoms with van der Waals surface area (Å²) >= 11 is 6.44. The number of pyridine rings is 1. The second-order valence-corrected chi connectivity index (χ2v) is 6.74. The predicted molar refractivity (Wildman–Crippen MR) is 84.1 cm³/mol. The van der Waals surface area contributed by atoms with E-state index in [0.717, 1.165) is 29.5 Å². The van der Waals surface area contributed by atoms with E-state index in [9.17, 15) is 0 Å². The van der Waals surface area contributed by atoms with Crippen LogP contribution in [-0.2, 0) is 6.54 Å². The largest absolute Gasteiger partial charge is 0.355 e. The molecule has 3 nitrogen and oxygen atoms in total. The lowest BCUT2D eigenvalue weighted by molar-refractivity contribution is 0.144. The van der Waals surface area contributed by atoms with Crippen molar-refractivity contribution in [2.75, 3.05) is 18.0 Å². The fourth-order valence-corrected chi connectivity index (χ4v) is 4.15. The highest BCUT2D eigenvalue weighted by molar-refractivity contribution is 6.33. The van der Waals surface area contributed by atoms with E-state index in [4.69, 9.17) is 17.3 Å². The summed E-state index contributed by atoms with van der Waals surface area (Å²) in [5.41, 5.74) is 7.34. The first-order valence-electron chi connectivity index (χ1n) is 7.82. The van der Waals surface area contributed by atoms with Crippen LogP contribution in [0.1, 0.15) is 50.5 Å². The number of nitrogens with zero attached hydrogens (tertiary/aromatic N) is 2. The third kappa shape index (κ3) is 2.66. The van der Waals surface area contributed by atoms with Gasteiger partial charge in [0.2, 0.25) is 0 Å². The van der Waals surface area contributed by atoms with E-state index in [1.54, 1.807) is 0 Å². The molecule has 2 N–H and O–H groups in total. The summed E-state index contributed by atoms with van der Waals surface area (Å²) in [6.45, 7) is 2.65. The number of anilines is 1. The normalized spacial score (nSPS) is 22.2. The molecule has 1 spiro atoms. The highest BCUT2D eigenvalue weighted by atomic mass is 35.5. The molecule has 1 aliphatic carbocycles. The monoisotopic (exact) mass is 293 g/mol. The van der Waals surface area contributed by atoms with Crippen LogP contribution in [0.5, 0.6) is 0 Å². The quantitative estimate of drug-likeness (QED) is 0.903. The van der Waals surface area contributed by atoms with Crippen LogP contribution in [0.2, 0.25) is 5.02 Å². The summed E-state index contributed by atoms with van der Waals surface area (Å²) in [5, 5.41) is 0.745. The van der Waals surface area contributed by atoms with Gasteiger partial charge in [0.1, 0.15) is 5.82 Å². The second-order valence-electron chi connectivity index (χ2n) is 6.36. The van der Waals surface area contributed by atoms with E-state index in [0.29, 0.717) is 12.0 Å². The summed E-state index contributed by atoms with van der Waals surface area (Å²) in [7, 11) is 0. The van der Waals surface area contributed by atoms with Gasteiger partial charge in [0, 0.05) is 25.8 Å². The first kappa shape index (κ1) is 14.2. The molecule has 0 amide bonds. The van der Waals surface area contributed by atoms with Crippen molar-refractivity contribution in [2.45, 2.75) is 51.5 Å². The maximum Gasteiger partial charge on any atom is 0.147 e. The molecule has 0 atom stereocenters. The minimum atomic E-state index is 0.478. The number of halogens is 1. The molecule has 2 aliphatic rings. The summed E-state index contributed by atoms with van der Waals surface area (Å²) in [6, 6.07) is 1.92. The van der Waals surface area contributed by atoms with Crippen molar-refractivity contribution < 1.29 is 0 Å². The zero-order valence-corrected chi connectivity index (χ0v) is 12.8. The van der Waals surface area contributed by atoms with Gasteiger partial charge in [-0.2, -0.15) is 0 Å². The van der Waals surface area contributed by atoms with Crippen molar-refractivity contribution in [3.63, 3.8) is 0 Å². The number of aromatic nitrogens is 1. The van der Waals surface area contributed by atoms with Crippen LogP contribution in [0.4, 0.5) is 5.82 Å². The van der Waals surface area contributed by atoms with Crippen LogP contribution in [0.15, 0.2) is 12.3 Å². The van der Waals surface area contributed by atoms with Crippen LogP contribution < -0.4 is 10.6 Å². The van der Waals surface area contributed by atoms with Crippen molar-refractivity contribution in [2.24, 2.45) is 11.1 Å². The lowest BCUT2D eigenvalue weighted by atomic mass is 9.68.